The lowest BCUT2D eigenvalue weighted by atomic mass is 9.81. The van der Waals surface area contributed by atoms with E-state index in [9.17, 15) is 0 Å². The van der Waals surface area contributed by atoms with E-state index in [1.807, 2.05) is 12.1 Å². The van der Waals surface area contributed by atoms with Crippen LogP contribution in [0.3, 0.4) is 0 Å². The highest BCUT2D eigenvalue weighted by molar-refractivity contribution is 6.29. The molecule has 0 amide bonds. The minimum Gasteiger partial charge on any atom is -0.370 e. The molecule has 1 aliphatic rings. The minimum atomic E-state index is -0.146. The molecule has 82 valence electrons. The van der Waals surface area contributed by atoms with Crippen molar-refractivity contribution in [1.29, 1.82) is 0 Å². The first-order chi connectivity index (χ1) is 7.15. The van der Waals surface area contributed by atoms with Crippen molar-refractivity contribution in [3.63, 3.8) is 0 Å². The molecule has 1 unspecified atom stereocenters. The van der Waals surface area contributed by atoms with Crippen LogP contribution in [-0.4, -0.2) is 11.6 Å². The number of hydrogen-bond donors (Lipinski definition) is 0. The Morgan fingerprint density at radius 3 is 2.87 bits per heavy atom. The standard InChI is InChI=1S/C12H16ClNO/c1-9(2)12(5-3-7-15-12)10-4-6-14-11(13)8-10/h4,6,8-9H,3,5,7H2,1-2H3. The fourth-order valence-electron chi connectivity index (χ4n) is 2.34. The fraction of sp³-hybridized carbons (Fsp3) is 0.583. The van der Waals surface area contributed by atoms with Crippen LogP contribution in [0.2, 0.25) is 5.15 Å². The molecule has 0 radical (unpaired) electrons. The first-order valence-electron chi connectivity index (χ1n) is 5.41. The Balaban J connectivity index is 2.41. The summed E-state index contributed by atoms with van der Waals surface area (Å²) in [5.74, 6) is 0.457. The van der Waals surface area contributed by atoms with Crippen molar-refractivity contribution in [2.24, 2.45) is 5.92 Å². The average molecular weight is 226 g/mol. The summed E-state index contributed by atoms with van der Waals surface area (Å²) in [6.07, 6.45) is 3.95. The van der Waals surface area contributed by atoms with Gasteiger partial charge in [-0.25, -0.2) is 4.98 Å². The van der Waals surface area contributed by atoms with Gasteiger partial charge < -0.3 is 4.74 Å². The molecule has 1 aromatic heterocycles. The van der Waals surface area contributed by atoms with Gasteiger partial charge in [0.1, 0.15) is 5.15 Å². The molecule has 2 rings (SSSR count). The van der Waals surface area contributed by atoms with E-state index >= 15 is 0 Å². The lowest BCUT2D eigenvalue weighted by Crippen LogP contribution is -2.31. The van der Waals surface area contributed by atoms with Crippen LogP contribution in [0.1, 0.15) is 32.3 Å². The number of rotatable bonds is 2. The monoisotopic (exact) mass is 225 g/mol. The van der Waals surface area contributed by atoms with Gasteiger partial charge in [0.05, 0.1) is 5.60 Å². The lowest BCUT2D eigenvalue weighted by Gasteiger charge is -2.33. The maximum atomic E-state index is 5.96. The molecule has 2 nitrogen and oxygen atoms in total. The van der Waals surface area contributed by atoms with E-state index < -0.39 is 0 Å². The first kappa shape index (κ1) is 10.9. The van der Waals surface area contributed by atoms with Gasteiger partial charge in [0.2, 0.25) is 0 Å². The molecule has 1 atom stereocenters. The maximum absolute atomic E-state index is 5.96. The number of nitrogens with zero attached hydrogens (tertiary/aromatic N) is 1. The van der Waals surface area contributed by atoms with Crippen molar-refractivity contribution >= 4 is 11.6 Å². The van der Waals surface area contributed by atoms with Crippen LogP contribution in [0.15, 0.2) is 18.3 Å². The number of ether oxygens (including phenoxy) is 1. The Morgan fingerprint density at radius 1 is 1.53 bits per heavy atom. The zero-order chi connectivity index (χ0) is 10.9. The molecule has 0 aliphatic carbocycles. The molecule has 1 fully saturated rings. The normalized spacial score (nSPS) is 26.1. The molecule has 0 N–H and O–H groups in total. The zero-order valence-electron chi connectivity index (χ0n) is 9.16. The van der Waals surface area contributed by atoms with Crippen LogP contribution in [0.4, 0.5) is 0 Å². The van der Waals surface area contributed by atoms with E-state index in [4.69, 9.17) is 16.3 Å². The van der Waals surface area contributed by atoms with Gasteiger partial charge >= 0.3 is 0 Å². The van der Waals surface area contributed by atoms with E-state index in [1.54, 1.807) is 6.20 Å². The molecular weight excluding hydrogens is 210 g/mol. The van der Waals surface area contributed by atoms with Crippen LogP contribution in [0.5, 0.6) is 0 Å². The van der Waals surface area contributed by atoms with Crippen LogP contribution < -0.4 is 0 Å². The quantitative estimate of drug-likeness (QED) is 0.720. The molecule has 2 heterocycles. The van der Waals surface area contributed by atoms with E-state index in [-0.39, 0.29) is 5.60 Å². The van der Waals surface area contributed by atoms with Gasteiger partial charge in [0.25, 0.3) is 0 Å². The third-order valence-corrected chi connectivity index (χ3v) is 3.41. The average Bonchev–Trinajstić information content (AvgIpc) is 2.67. The summed E-state index contributed by atoms with van der Waals surface area (Å²) in [5, 5.41) is 0.544. The Hall–Kier alpha value is -0.600. The second kappa shape index (κ2) is 4.11. The molecule has 1 aromatic rings. The van der Waals surface area contributed by atoms with Gasteiger partial charge in [-0.2, -0.15) is 0 Å². The molecule has 1 aliphatic heterocycles. The van der Waals surface area contributed by atoms with Crippen molar-refractivity contribution in [3.8, 4) is 0 Å². The van der Waals surface area contributed by atoms with Crippen molar-refractivity contribution in [1.82, 2.24) is 4.98 Å². The molecule has 15 heavy (non-hydrogen) atoms. The van der Waals surface area contributed by atoms with Crippen LogP contribution >= 0.6 is 11.6 Å². The predicted molar refractivity (Wildman–Crippen MR) is 60.9 cm³/mol. The maximum Gasteiger partial charge on any atom is 0.129 e. The Bertz CT molecular complexity index is 345. The summed E-state index contributed by atoms with van der Waals surface area (Å²) in [6.45, 7) is 5.23. The van der Waals surface area contributed by atoms with Crippen LogP contribution in [0, 0.1) is 5.92 Å². The molecule has 1 saturated heterocycles. The second-order valence-corrected chi connectivity index (χ2v) is 4.75. The van der Waals surface area contributed by atoms with E-state index in [0.29, 0.717) is 11.1 Å². The smallest absolute Gasteiger partial charge is 0.129 e. The highest BCUT2D eigenvalue weighted by Crippen LogP contribution is 2.42. The molecule has 3 heteroatoms. The van der Waals surface area contributed by atoms with E-state index in [1.165, 1.54) is 0 Å². The van der Waals surface area contributed by atoms with Gasteiger partial charge in [0.15, 0.2) is 0 Å². The van der Waals surface area contributed by atoms with Crippen molar-refractivity contribution in [2.45, 2.75) is 32.3 Å². The topological polar surface area (TPSA) is 22.1 Å². The molecular formula is C12H16ClNO. The summed E-state index contributed by atoms with van der Waals surface area (Å²) < 4.78 is 5.96. The SMILES string of the molecule is CC(C)C1(c2ccnc(Cl)c2)CCCO1. The fourth-order valence-corrected chi connectivity index (χ4v) is 2.52. The highest BCUT2D eigenvalue weighted by atomic mass is 35.5. The molecule has 0 saturated carbocycles. The van der Waals surface area contributed by atoms with Crippen molar-refractivity contribution in [2.75, 3.05) is 6.61 Å². The summed E-state index contributed by atoms with van der Waals surface area (Å²) in [5.41, 5.74) is 1.02. The van der Waals surface area contributed by atoms with Gasteiger partial charge in [-0.3, -0.25) is 0 Å². The third kappa shape index (κ3) is 1.88. The van der Waals surface area contributed by atoms with E-state index in [2.05, 4.69) is 18.8 Å². The first-order valence-corrected chi connectivity index (χ1v) is 5.79. The zero-order valence-corrected chi connectivity index (χ0v) is 9.92. The highest BCUT2D eigenvalue weighted by Gasteiger charge is 2.40. The molecule has 0 spiro atoms. The number of aromatic nitrogens is 1. The van der Waals surface area contributed by atoms with Gasteiger partial charge in [0, 0.05) is 12.8 Å². The summed E-state index contributed by atoms with van der Waals surface area (Å²) >= 11 is 5.92. The number of hydrogen-bond acceptors (Lipinski definition) is 2. The lowest BCUT2D eigenvalue weighted by molar-refractivity contribution is -0.0382. The summed E-state index contributed by atoms with van der Waals surface area (Å²) in [7, 11) is 0. The molecule has 0 bridgehead atoms. The third-order valence-electron chi connectivity index (χ3n) is 3.20. The van der Waals surface area contributed by atoms with Crippen LogP contribution in [0.25, 0.3) is 0 Å². The van der Waals surface area contributed by atoms with Crippen LogP contribution in [-0.2, 0) is 10.3 Å². The summed E-state index contributed by atoms with van der Waals surface area (Å²) in [6, 6.07) is 3.93. The van der Waals surface area contributed by atoms with Gasteiger partial charge in [-0.05, 0) is 36.5 Å². The van der Waals surface area contributed by atoms with E-state index in [0.717, 1.165) is 25.0 Å². The van der Waals surface area contributed by atoms with Crippen molar-refractivity contribution in [3.05, 3.63) is 29.0 Å². The largest absolute Gasteiger partial charge is 0.370 e. The number of halogens is 1. The molecule has 0 aromatic carbocycles. The van der Waals surface area contributed by atoms with Gasteiger partial charge in [-0.15, -0.1) is 0 Å². The van der Waals surface area contributed by atoms with Crippen molar-refractivity contribution < 1.29 is 4.74 Å². The second-order valence-electron chi connectivity index (χ2n) is 4.36. The Morgan fingerprint density at radius 2 is 2.33 bits per heavy atom. The predicted octanol–water partition coefficient (Wildman–Crippen LogP) is 3.40. The summed E-state index contributed by atoms with van der Waals surface area (Å²) in [4.78, 5) is 4.01. The Kier molecular flexibility index (Phi) is 2.98. The number of pyridine rings is 1. The Labute approximate surface area is 95.6 Å². The minimum absolute atomic E-state index is 0.146. The van der Waals surface area contributed by atoms with Gasteiger partial charge in [-0.1, -0.05) is 25.4 Å².